The molecule has 0 aromatic rings. The van der Waals surface area contributed by atoms with Crippen LogP contribution in [0.3, 0.4) is 0 Å². The lowest BCUT2D eigenvalue weighted by atomic mass is 10.1. The molecule has 138 valence electrons. The normalized spacial score (nSPS) is 17.9. The maximum absolute atomic E-state index is 11.9. The lowest BCUT2D eigenvalue weighted by molar-refractivity contribution is 0.138. The third-order valence-electron chi connectivity index (χ3n) is 3.30. The fourth-order valence-electron chi connectivity index (χ4n) is 2.10. The van der Waals surface area contributed by atoms with Crippen LogP contribution in [-0.4, -0.2) is 38.8 Å². The Kier molecular flexibility index (Phi) is 10.2. The van der Waals surface area contributed by atoms with Crippen LogP contribution in [0, 0.1) is 0 Å². The highest BCUT2D eigenvalue weighted by Crippen LogP contribution is 2.34. The fourth-order valence-corrected chi connectivity index (χ4v) is 4.90. The van der Waals surface area contributed by atoms with E-state index in [4.69, 9.17) is 4.84 Å². The van der Waals surface area contributed by atoms with Crippen LogP contribution < -0.4 is 0 Å². The number of thioether (sulfide) groups is 1. The van der Waals surface area contributed by atoms with Crippen molar-refractivity contribution in [3.8, 4) is 0 Å². The predicted octanol–water partition coefficient (Wildman–Crippen LogP) is 5.97. The summed E-state index contributed by atoms with van der Waals surface area (Å²) in [5, 5.41) is 4.61. The highest BCUT2D eigenvalue weighted by Gasteiger charge is 2.30. The number of amides is 1. The van der Waals surface area contributed by atoms with E-state index in [-0.39, 0.29) is 4.87 Å². The number of nitrogens with zero attached hydrogens (tertiary/aromatic N) is 3. The average Bonchev–Trinajstić information content (AvgIpc) is 2.79. The Morgan fingerprint density at radius 3 is 2.58 bits per heavy atom. The van der Waals surface area contributed by atoms with Crippen LogP contribution in [0.1, 0.15) is 66.2 Å². The van der Waals surface area contributed by atoms with E-state index in [0.717, 1.165) is 11.5 Å². The Hall–Kier alpha value is -0.340. The Balaban J connectivity index is 2.16. The van der Waals surface area contributed by atoms with Crippen molar-refractivity contribution in [2.24, 2.45) is 10.1 Å². The van der Waals surface area contributed by atoms with Gasteiger partial charge >= 0.3 is 6.09 Å². The fraction of sp³-hybridized carbons (Fsp3) is 0.812. The van der Waals surface area contributed by atoms with Crippen molar-refractivity contribution in [1.29, 1.82) is 0 Å². The van der Waals surface area contributed by atoms with Crippen molar-refractivity contribution < 1.29 is 9.63 Å². The molecule has 0 N–H and O–H groups in total. The largest absolute Gasteiger partial charge is 0.446 e. The van der Waals surface area contributed by atoms with E-state index in [1.165, 1.54) is 65.6 Å². The summed E-state index contributed by atoms with van der Waals surface area (Å²) in [6, 6.07) is 0. The number of hydrogen-bond acceptors (Lipinski definition) is 7. The van der Waals surface area contributed by atoms with Gasteiger partial charge in [-0.15, -0.1) is 0 Å². The Morgan fingerprint density at radius 2 is 1.96 bits per heavy atom. The molecule has 5 nitrogen and oxygen atoms in total. The van der Waals surface area contributed by atoms with Gasteiger partial charge in [-0.05, 0) is 27.2 Å². The lowest BCUT2D eigenvalue weighted by Gasteiger charge is -2.12. The van der Waals surface area contributed by atoms with Crippen LogP contribution in [0.15, 0.2) is 10.1 Å². The van der Waals surface area contributed by atoms with E-state index >= 15 is 0 Å². The van der Waals surface area contributed by atoms with E-state index in [2.05, 4.69) is 17.1 Å². The molecule has 1 rings (SSSR count). The number of hydrogen-bond donors (Lipinski definition) is 0. The zero-order chi connectivity index (χ0) is 18.0. The van der Waals surface area contributed by atoms with Gasteiger partial charge in [0.15, 0.2) is 5.04 Å². The van der Waals surface area contributed by atoms with Crippen LogP contribution in [0.5, 0.6) is 0 Å². The molecule has 1 aliphatic heterocycles. The summed E-state index contributed by atoms with van der Waals surface area (Å²) in [5.74, 6) is 1.04. The zero-order valence-corrected chi connectivity index (χ0v) is 17.8. The van der Waals surface area contributed by atoms with Crippen LogP contribution in [0.4, 0.5) is 4.79 Å². The molecule has 0 aromatic heterocycles. The number of carbonyl (C=O) groups excluding carboxylic acids is 1. The molecule has 1 amide bonds. The Bertz CT molecular complexity index is 467. The summed E-state index contributed by atoms with van der Waals surface area (Å²) in [7, 11) is 4.78. The molecule has 0 unspecified atom stereocenters. The molecule has 0 saturated heterocycles. The van der Waals surface area contributed by atoms with Crippen LogP contribution in [0.25, 0.3) is 0 Å². The first kappa shape index (κ1) is 21.7. The van der Waals surface area contributed by atoms with E-state index in [1.807, 2.05) is 20.8 Å². The topological polar surface area (TPSA) is 54.3 Å². The van der Waals surface area contributed by atoms with Gasteiger partial charge in [-0.1, -0.05) is 66.7 Å². The summed E-state index contributed by atoms with van der Waals surface area (Å²) < 4.78 is 1.48. The van der Waals surface area contributed by atoms with E-state index < -0.39 is 6.09 Å². The standard InChI is InChI=1S/C16H29N3O2S3/c1-6-7-8-9-10-11-12-22-24-19(5)15(20)21-18-14-13(2)17-16(3,4)23-14/h6-12H2,1-5H3. The van der Waals surface area contributed by atoms with Crippen molar-refractivity contribution in [2.75, 3.05) is 12.8 Å². The van der Waals surface area contributed by atoms with Crippen LogP contribution >= 0.6 is 33.5 Å². The minimum absolute atomic E-state index is 0.233. The summed E-state index contributed by atoms with van der Waals surface area (Å²) in [4.78, 5) is 21.2. The SMILES string of the molecule is CCCCCCCCSSN(C)C(=O)ON=C1SC(C)(C)N=C1C. The van der Waals surface area contributed by atoms with Gasteiger partial charge in [0.1, 0.15) is 4.87 Å². The van der Waals surface area contributed by atoms with Crippen molar-refractivity contribution in [3.05, 3.63) is 0 Å². The molecule has 1 aliphatic rings. The van der Waals surface area contributed by atoms with Crippen molar-refractivity contribution in [3.63, 3.8) is 0 Å². The van der Waals surface area contributed by atoms with Crippen molar-refractivity contribution >= 4 is 50.4 Å². The number of oxime groups is 1. The minimum atomic E-state index is -0.457. The van der Waals surface area contributed by atoms with E-state index in [9.17, 15) is 4.79 Å². The lowest BCUT2D eigenvalue weighted by Crippen LogP contribution is -2.19. The summed E-state index contributed by atoms with van der Waals surface area (Å²) in [6.07, 6.45) is 7.25. The van der Waals surface area contributed by atoms with Crippen LogP contribution in [-0.2, 0) is 4.84 Å². The number of aliphatic imine (C=N–C) groups is 1. The second-order valence-corrected chi connectivity index (χ2v) is 10.2. The molecule has 0 spiro atoms. The molecule has 8 heteroatoms. The average molecular weight is 392 g/mol. The first-order valence-corrected chi connectivity index (χ1v) is 11.5. The molecule has 0 aromatic carbocycles. The third-order valence-corrected chi connectivity index (χ3v) is 6.88. The highest BCUT2D eigenvalue weighted by molar-refractivity contribution is 8.75. The molecule has 0 radical (unpaired) electrons. The quantitative estimate of drug-likeness (QED) is 0.151. The Morgan fingerprint density at radius 1 is 1.29 bits per heavy atom. The summed E-state index contributed by atoms with van der Waals surface area (Å²) >= 11 is 1.50. The third kappa shape index (κ3) is 8.67. The van der Waals surface area contributed by atoms with Gasteiger partial charge in [-0.25, -0.2) is 9.10 Å². The van der Waals surface area contributed by atoms with Gasteiger partial charge in [-0.2, -0.15) is 0 Å². The molecule has 0 saturated carbocycles. The van der Waals surface area contributed by atoms with E-state index in [0.29, 0.717) is 5.04 Å². The number of carbonyl (C=O) groups is 1. The maximum atomic E-state index is 11.9. The molecule has 24 heavy (non-hydrogen) atoms. The molecule has 0 atom stereocenters. The monoisotopic (exact) mass is 391 g/mol. The van der Waals surface area contributed by atoms with Gasteiger partial charge in [0.2, 0.25) is 0 Å². The molecule has 0 bridgehead atoms. The van der Waals surface area contributed by atoms with Gasteiger partial charge in [0.25, 0.3) is 0 Å². The van der Waals surface area contributed by atoms with E-state index in [1.54, 1.807) is 17.8 Å². The molecular weight excluding hydrogens is 362 g/mol. The first-order valence-electron chi connectivity index (χ1n) is 8.44. The second kappa shape index (κ2) is 11.3. The minimum Gasteiger partial charge on any atom is -0.296 e. The highest BCUT2D eigenvalue weighted by atomic mass is 33.1. The molecular formula is C16H29N3O2S3. The predicted molar refractivity (Wildman–Crippen MR) is 110 cm³/mol. The summed E-state index contributed by atoms with van der Waals surface area (Å²) in [6.45, 7) is 8.12. The van der Waals surface area contributed by atoms with Gasteiger partial charge in [0, 0.05) is 23.8 Å². The maximum Gasteiger partial charge on any atom is 0.446 e. The van der Waals surface area contributed by atoms with Gasteiger partial charge in [0.05, 0.1) is 5.71 Å². The molecule has 0 aliphatic carbocycles. The smallest absolute Gasteiger partial charge is 0.296 e. The van der Waals surface area contributed by atoms with Crippen molar-refractivity contribution in [1.82, 2.24) is 4.31 Å². The second-order valence-electron chi connectivity index (χ2n) is 6.16. The summed E-state index contributed by atoms with van der Waals surface area (Å²) in [5.41, 5.74) is 0.811. The number of unbranched alkanes of at least 4 members (excludes halogenated alkanes) is 5. The molecule has 1 heterocycles. The molecule has 0 fully saturated rings. The zero-order valence-electron chi connectivity index (χ0n) is 15.3. The first-order chi connectivity index (χ1) is 11.4. The van der Waals surface area contributed by atoms with Gasteiger partial charge in [-0.3, -0.25) is 9.83 Å². The van der Waals surface area contributed by atoms with Crippen LogP contribution in [0.2, 0.25) is 0 Å². The van der Waals surface area contributed by atoms with Gasteiger partial charge < -0.3 is 0 Å². The van der Waals surface area contributed by atoms with Crippen molar-refractivity contribution in [2.45, 2.75) is 71.1 Å². The Labute approximate surface area is 158 Å². The number of rotatable bonds is 10.